The zero-order valence-electron chi connectivity index (χ0n) is 10.4. The molecule has 0 spiro atoms. The molecular formula is C12H18N2O4. The predicted octanol–water partition coefficient (Wildman–Crippen LogP) is -0.0270. The maximum Gasteiger partial charge on any atom is 0.323 e. The van der Waals surface area contributed by atoms with E-state index in [0.29, 0.717) is 19.4 Å². The molecule has 0 aromatic carbocycles. The molecule has 1 heterocycles. The number of amides is 2. The second-order valence-corrected chi connectivity index (χ2v) is 4.76. The van der Waals surface area contributed by atoms with E-state index in [0.717, 1.165) is 4.90 Å². The van der Waals surface area contributed by atoms with E-state index in [-0.39, 0.29) is 13.1 Å². The summed E-state index contributed by atoms with van der Waals surface area (Å²) < 4.78 is 0. The molecular weight excluding hydrogens is 236 g/mol. The Labute approximate surface area is 106 Å². The molecule has 1 fully saturated rings. The molecule has 6 nitrogen and oxygen atoms in total. The first-order valence-electron chi connectivity index (χ1n) is 5.77. The lowest BCUT2D eigenvalue weighted by molar-refractivity contribution is -0.137. The molecule has 1 unspecified atom stereocenters. The third-order valence-corrected chi connectivity index (χ3v) is 2.82. The Balaban J connectivity index is 2.70. The van der Waals surface area contributed by atoms with Crippen LogP contribution in [0.3, 0.4) is 0 Å². The van der Waals surface area contributed by atoms with Crippen molar-refractivity contribution in [3.8, 4) is 12.3 Å². The molecule has 6 heteroatoms. The van der Waals surface area contributed by atoms with Crippen molar-refractivity contribution < 1.29 is 19.8 Å². The summed E-state index contributed by atoms with van der Waals surface area (Å²) in [5, 5.41) is 18.6. The van der Waals surface area contributed by atoms with Crippen molar-refractivity contribution in [2.75, 3.05) is 26.2 Å². The average molecular weight is 254 g/mol. The molecule has 1 aliphatic heterocycles. The van der Waals surface area contributed by atoms with Gasteiger partial charge in [-0.2, -0.15) is 0 Å². The fourth-order valence-corrected chi connectivity index (χ4v) is 2.05. The molecule has 0 saturated carbocycles. The van der Waals surface area contributed by atoms with E-state index in [1.165, 1.54) is 4.90 Å². The summed E-state index contributed by atoms with van der Waals surface area (Å²) in [5.74, 6) is 1.16. The summed E-state index contributed by atoms with van der Waals surface area (Å²) in [7, 11) is 0. The lowest BCUT2D eigenvalue weighted by atomic mass is 9.95. The number of rotatable bonds is 3. The number of carboxylic acids is 1. The molecule has 1 rings (SSSR count). The summed E-state index contributed by atoms with van der Waals surface area (Å²) >= 11 is 0. The predicted molar refractivity (Wildman–Crippen MR) is 64.9 cm³/mol. The number of hydrogen-bond donors (Lipinski definition) is 2. The Morgan fingerprint density at radius 1 is 1.56 bits per heavy atom. The number of terminal acetylenes is 1. The van der Waals surface area contributed by atoms with E-state index >= 15 is 0 Å². The van der Waals surface area contributed by atoms with Gasteiger partial charge in [-0.1, -0.05) is 5.92 Å². The molecule has 18 heavy (non-hydrogen) atoms. The van der Waals surface area contributed by atoms with E-state index in [4.69, 9.17) is 11.5 Å². The topological polar surface area (TPSA) is 81.1 Å². The molecule has 0 radical (unpaired) electrons. The SMILES string of the molecule is C#CCN(CC(=O)O)C(=O)N1CCCC(C)(O)C1. The summed E-state index contributed by atoms with van der Waals surface area (Å²) in [4.78, 5) is 25.3. The van der Waals surface area contributed by atoms with Crippen LogP contribution in [0.4, 0.5) is 4.79 Å². The van der Waals surface area contributed by atoms with Crippen LogP contribution in [0.25, 0.3) is 0 Å². The maximum atomic E-state index is 12.1. The van der Waals surface area contributed by atoms with Crippen molar-refractivity contribution >= 4 is 12.0 Å². The lowest BCUT2D eigenvalue weighted by Gasteiger charge is -2.38. The molecule has 0 aromatic heterocycles. The number of carboxylic acid groups (broad SMARTS) is 1. The Bertz CT molecular complexity index is 373. The molecule has 0 aliphatic carbocycles. The number of β-amino-alcohol motifs (C(OH)–C–C–N with tert-alkyl or cyclic N) is 1. The highest BCUT2D eigenvalue weighted by Gasteiger charge is 2.33. The smallest absolute Gasteiger partial charge is 0.323 e. The van der Waals surface area contributed by atoms with Crippen LogP contribution in [0, 0.1) is 12.3 Å². The van der Waals surface area contributed by atoms with Gasteiger partial charge in [0, 0.05) is 6.54 Å². The zero-order chi connectivity index (χ0) is 13.8. The van der Waals surface area contributed by atoms with Crippen molar-refractivity contribution in [1.82, 2.24) is 9.80 Å². The van der Waals surface area contributed by atoms with Crippen molar-refractivity contribution in [1.29, 1.82) is 0 Å². The van der Waals surface area contributed by atoms with E-state index in [2.05, 4.69) is 5.92 Å². The minimum absolute atomic E-state index is 0.0518. The maximum absolute atomic E-state index is 12.1. The van der Waals surface area contributed by atoms with Crippen LogP contribution in [-0.2, 0) is 4.79 Å². The molecule has 0 bridgehead atoms. The quantitative estimate of drug-likeness (QED) is 0.693. The van der Waals surface area contributed by atoms with Gasteiger partial charge in [-0.05, 0) is 19.8 Å². The van der Waals surface area contributed by atoms with Crippen LogP contribution >= 0.6 is 0 Å². The normalized spacial score (nSPS) is 23.3. The minimum Gasteiger partial charge on any atom is -0.480 e. The number of carbonyl (C=O) groups excluding carboxylic acids is 1. The highest BCUT2D eigenvalue weighted by atomic mass is 16.4. The molecule has 1 saturated heterocycles. The molecule has 1 atom stereocenters. The number of likely N-dealkylation sites (tertiary alicyclic amines) is 1. The summed E-state index contributed by atoms with van der Waals surface area (Å²) in [6.45, 7) is 1.89. The minimum atomic E-state index is -1.11. The van der Waals surface area contributed by atoms with Gasteiger partial charge in [0.25, 0.3) is 0 Å². The van der Waals surface area contributed by atoms with Gasteiger partial charge < -0.3 is 20.0 Å². The van der Waals surface area contributed by atoms with Crippen LogP contribution in [0.5, 0.6) is 0 Å². The van der Waals surface area contributed by atoms with E-state index < -0.39 is 24.1 Å². The third-order valence-electron chi connectivity index (χ3n) is 2.82. The van der Waals surface area contributed by atoms with Gasteiger partial charge in [-0.25, -0.2) is 4.79 Å². The Morgan fingerprint density at radius 2 is 2.22 bits per heavy atom. The molecule has 0 aromatic rings. The molecule has 1 aliphatic rings. The number of aliphatic carboxylic acids is 1. The van der Waals surface area contributed by atoms with E-state index in [1.807, 2.05) is 0 Å². The zero-order valence-corrected chi connectivity index (χ0v) is 10.4. The number of urea groups is 1. The summed E-state index contributed by atoms with van der Waals surface area (Å²) in [6, 6.07) is -0.435. The number of hydrogen-bond acceptors (Lipinski definition) is 3. The lowest BCUT2D eigenvalue weighted by Crippen LogP contribution is -2.53. The van der Waals surface area contributed by atoms with Gasteiger partial charge >= 0.3 is 12.0 Å². The van der Waals surface area contributed by atoms with Crippen molar-refractivity contribution in [3.05, 3.63) is 0 Å². The van der Waals surface area contributed by atoms with Gasteiger partial charge in [-0.15, -0.1) is 6.42 Å². The first kappa shape index (κ1) is 14.3. The monoisotopic (exact) mass is 254 g/mol. The van der Waals surface area contributed by atoms with Gasteiger partial charge in [0.1, 0.15) is 6.54 Å². The molecule has 100 valence electrons. The van der Waals surface area contributed by atoms with Gasteiger partial charge in [0.15, 0.2) is 0 Å². The van der Waals surface area contributed by atoms with Crippen LogP contribution in [-0.4, -0.2) is 63.8 Å². The fraction of sp³-hybridized carbons (Fsp3) is 0.667. The Morgan fingerprint density at radius 3 is 2.72 bits per heavy atom. The Kier molecular flexibility index (Phi) is 4.56. The van der Waals surface area contributed by atoms with Crippen molar-refractivity contribution in [2.24, 2.45) is 0 Å². The molecule has 2 amide bonds. The third kappa shape index (κ3) is 3.93. The summed E-state index contributed by atoms with van der Waals surface area (Å²) in [6.07, 6.45) is 6.44. The van der Waals surface area contributed by atoms with Gasteiger partial charge in [-0.3, -0.25) is 4.79 Å². The second-order valence-electron chi connectivity index (χ2n) is 4.76. The highest BCUT2D eigenvalue weighted by Crippen LogP contribution is 2.21. The number of piperidine rings is 1. The summed E-state index contributed by atoms with van der Waals surface area (Å²) in [5.41, 5.74) is -0.918. The Hall–Kier alpha value is -1.74. The van der Waals surface area contributed by atoms with Crippen molar-refractivity contribution in [3.63, 3.8) is 0 Å². The fourth-order valence-electron chi connectivity index (χ4n) is 2.05. The highest BCUT2D eigenvalue weighted by molar-refractivity contribution is 5.80. The van der Waals surface area contributed by atoms with Crippen molar-refractivity contribution in [2.45, 2.75) is 25.4 Å². The van der Waals surface area contributed by atoms with Gasteiger partial charge in [0.05, 0.1) is 18.7 Å². The van der Waals surface area contributed by atoms with E-state index in [9.17, 15) is 14.7 Å². The van der Waals surface area contributed by atoms with Crippen LogP contribution < -0.4 is 0 Å². The van der Waals surface area contributed by atoms with E-state index in [1.54, 1.807) is 6.92 Å². The van der Waals surface area contributed by atoms with Crippen LogP contribution in [0.2, 0.25) is 0 Å². The average Bonchev–Trinajstić information content (AvgIpc) is 2.25. The number of nitrogens with zero attached hydrogens (tertiary/aromatic N) is 2. The largest absolute Gasteiger partial charge is 0.480 e. The first-order valence-corrected chi connectivity index (χ1v) is 5.77. The van der Waals surface area contributed by atoms with Gasteiger partial charge in [0.2, 0.25) is 0 Å². The standard InChI is InChI=1S/C12H18N2O4/c1-3-6-13(8-10(15)16)11(17)14-7-4-5-12(2,18)9-14/h1,18H,4-9H2,2H3,(H,15,16). The number of carbonyl (C=O) groups is 2. The second kappa shape index (κ2) is 5.74. The van der Waals surface area contributed by atoms with Crippen LogP contribution in [0.1, 0.15) is 19.8 Å². The number of aliphatic hydroxyl groups is 1. The van der Waals surface area contributed by atoms with Crippen LogP contribution in [0.15, 0.2) is 0 Å². The first-order chi connectivity index (χ1) is 8.35. The molecule has 2 N–H and O–H groups in total.